The van der Waals surface area contributed by atoms with Crippen LogP contribution in [0.3, 0.4) is 0 Å². The number of hydrogen-bond donors (Lipinski definition) is 0. The van der Waals surface area contributed by atoms with E-state index in [1.54, 1.807) is 19.3 Å². The SMILES string of the molecule is CC1(C)C2CC1[C@]1(C)CC[C@@H]1C2. The Kier molecular flexibility index (Phi) is 1.09. The van der Waals surface area contributed by atoms with Gasteiger partial charge in [0.1, 0.15) is 0 Å². The first kappa shape index (κ1) is 7.41. The van der Waals surface area contributed by atoms with Crippen LogP contribution in [0.1, 0.15) is 46.5 Å². The molecule has 4 aliphatic carbocycles. The van der Waals surface area contributed by atoms with Crippen LogP contribution in [0.25, 0.3) is 0 Å². The van der Waals surface area contributed by atoms with Gasteiger partial charge in [0.25, 0.3) is 0 Å². The highest BCUT2D eigenvalue weighted by molar-refractivity contribution is 5.14. The predicted octanol–water partition coefficient (Wildman–Crippen LogP) is 3.47. The van der Waals surface area contributed by atoms with Crippen molar-refractivity contribution in [3.05, 3.63) is 0 Å². The summed E-state index contributed by atoms with van der Waals surface area (Å²) in [5.74, 6) is 3.28. The molecule has 0 heterocycles. The molecular formula is C12H20. The van der Waals surface area contributed by atoms with Gasteiger partial charge in [-0.1, -0.05) is 20.8 Å². The largest absolute Gasteiger partial charge is 0.0594 e. The van der Waals surface area contributed by atoms with Crippen molar-refractivity contribution >= 4 is 0 Å². The molecular weight excluding hydrogens is 144 g/mol. The molecule has 0 aromatic carbocycles. The summed E-state index contributed by atoms with van der Waals surface area (Å²) in [5, 5.41) is 0. The van der Waals surface area contributed by atoms with Crippen molar-refractivity contribution in [3.8, 4) is 0 Å². The molecule has 0 aliphatic heterocycles. The van der Waals surface area contributed by atoms with Gasteiger partial charge in [0.05, 0.1) is 0 Å². The minimum atomic E-state index is 0.700. The van der Waals surface area contributed by atoms with Crippen molar-refractivity contribution in [2.75, 3.05) is 0 Å². The Labute approximate surface area is 75.7 Å². The smallest absolute Gasteiger partial charge is 0.0264 e. The fourth-order valence-electron chi connectivity index (χ4n) is 4.53. The maximum absolute atomic E-state index is 2.56. The zero-order chi connectivity index (χ0) is 8.56. The first-order valence-corrected chi connectivity index (χ1v) is 5.55. The van der Waals surface area contributed by atoms with Gasteiger partial charge in [-0.3, -0.25) is 0 Å². The molecule has 0 amide bonds. The van der Waals surface area contributed by atoms with Crippen molar-refractivity contribution in [1.29, 1.82) is 0 Å². The van der Waals surface area contributed by atoms with E-state index in [-0.39, 0.29) is 0 Å². The van der Waals surface area contributed by atoms with Gasteiger partial charge in [-0.2, -0.15) is 0 Å². The van der Waals surface area contributed by atoms with Crippen LogP contribution < -0.4 is 0 Å². The second-order valence-electron chi connectivity index (χ2n) is 6.28. The van der Waals surface area contributed by atoms with E-state index in [1.165, 1.54) is 6.42 Å². The monoisotopic (exact) mass is 164 g/mol. The zero-order valence-electron chi connectivity index (χ0n) is 8.56. The molecule has 0 aromatic heterocycles. The van der Waals surface area contributed by atoms with Crippen molar-refractivity contribution in [2.45, 2.75) is 46.5 Å². The highest BCUT2D eigenvalue weighted by atomic mass is 14.7. The van der Waals surface area contributed by atoms with E-state index < -0.39 is 0 Å². The Morgan fingerprint density at radius 3 is 2.08 bits per heavy atom. The number of rotatable bonds is 0. The average molecular weight is 164 g/mol. The summed E-state index contributed by atoms with van der Waals surface area (Å²) in [4.78, 5) is 0. The van der Waals surface area contributed by atoms with E-state index in [2.05, 4.69) is 20.8 Å². The first-order valence-electron chi connectivity index (χ1n) is 5.55. The summed E-state index contributed by atoms with van der Waals surface area (Å²) < 4.78 is 0. The lowest BCUT2D eigenvalue weighted by atomic mass is 9.33. The molecule has 4 aliphatic rings. The molecule has 0 saturated heterocycles. The van der Waals surface area contributed by atoms with Gasteiger partial charge in [0, 0.05) is 0 Å². The lowest BCUT2D eigenvalue weighted by Gasteiger charge is -2.71. The van der Waals surface area contributed by atoms with Crippen LogP contribution in [-0.4, -0.2) is 0 Å². The minimum absolute atomic E-state index is 0.700. The third kappa shape index (κ3) is 0.561. The fourth-order valence-corrected chi connectivity index (χ4v) is 4.53. The molecule has 4 atom stereocenters. The quantitative estimate of drug-likeness (QED) is 0.514. The summed E-state index contributed by atoms with van der Waals surface area (Å²) >= 11 is 0. The second-order valence-corrected chi connectivity index (χ2v) is 6.28. The van der Waals surface area contributed by atoms with Gasteiger partial charge in [-0.25, -0.2) is 0 Å². The Balaban J connectivity index is 1.95. The Morgan fingerprint density at radius 2 is 1.75 bits per heavy atom. The molecule has 0 nitrogen and oxygen atoms in total. The maximum atomic E-state index is 2.56. The lowest BCUT2D eigenvalue weighted by molar-refractivity contribution is -0.224. The Hall–Kier alpha value is 0. The summed E-state index contributed by atoms with van der Waals surface area (Å²) in [6.07, 6.45) is 6.18. The van der Waals surface area contributed by atoms with E-state index in [4.69, 9.17) is 0 Å². The zero-order valence-corrected chi connectivity index (χ0v) is 8.56. The third-order valence-corrected chi connectivity index (χ3v) is 5.80. The molecule has 2 bridgehead atoms. The van der Waals surface area contributed by atoms with Gasteiger partial charge in [-0.15, -0.1) is 0 Å². The van der Waals surface area contributed by atoms with Crippen LogP contribution in [-0.2, 0) is 0 Å². The molecule has 68 valence electrons. The molecule has 12 heavy (non-hydrogen) atoms. The van der Waals surface area contributed by atoms with E-state index in [1.807, 2.05) is 0 Å². The van der Waals surface area contributed by atoms with Crippen LogP contribution in [0.4, 0.5) is 0 Å². The minimum Gasteiger partial charge on any atom is -0.0594 e. The predicted molar refractivity (Wildman–Crippen MR) is 50.8 cm³/mol. The summed E-state index contributed by atoms with van der Waals surface area (Å²) in [5.41, 5.74) is 1.48. The van der Waals surface area contributed by atoms with Crippen LogP contribution in [0, 0.1) is 28.6 Å². The number of hydrogen-bond acceptors (Lipinski definition) is 0. The van der Waals surface area contributed by atoms with Crippen LogP contribution in [0.15, 0.2) is 0 Å². The van der Waals surface area contributed by atoms with Crippen molar-refractivity contribution in [3.63, 3.8) is 0 Å². The van der Waals surface area contributed by atoms with Crippen LogP contribution in [0.2, 0.25) is 0 Å². The molecule has 4 saturated carbocycles. The molecule has 2 unspecified atom stereocenters. The van der Waals surface area contributed by atoms with E-state index >= 15 is 0 Å². The van der Waals surface area contributed by atoms with Gasteiger partial charge in [-0.05, 0) is 54.3 Å². The highest BCUT2D eigenvalue weighted by Gasteiger charge is 2.65. The molecule has 0 heteroatoms. The molecule has 4 rings (SSSR count). The highest BCUT2D eigenvalue weighted by Crippen LogP contribution is 2.73. The first-order chi connectivity index (χ1) is 5.55. The summed E-state index contributed by atoms with van der Waals surface area (Å²) in [7, 11) is 0. The standard InChI is InChI=1S/C12H20/c1-11(2)9-6-8-4-5-12(8,3)10(11)7-9/h8-10H,4-7H2,1-3H3/t8-,9?,10?,12-/m1/s1. The molecule has 0 radical (unpaired) electrons. The Bertz CT molecular complexity index is 228. The van der Waals surface area contributed by atoms with Gasteiger partial charge >= 0.3 is 0 Å². The van der Waals surface area contributed by atoms with Crippen molar-refractivity contribution in [2.24, 2.45) is 28.6 Å². The topological polar surface area (TPSA) is 0 Å². The van der Waals surface area contributed by atoms with E-state index in [0.717, 1.165) is 23.2 Å². The molecule has 0 spiro atoms. The van der Waals surface area contributed by atoms with E-state index in [9.17, 15) is 0 Å². The maximum Gasteiger partial charge on any atom is -0.0264 e. The second kappa shape index (κ2) is 1.76. The molecule has 0 N–H and O–H groups in total. The lowest BCUT2D eigenvalue weighted by Crippen LogP contribution is -2.64. The van der Waals surface area contributed by atoms with Crippen molar-refractivity contribution in [1.82, 2.24) is 0 Å². The van der Waals surface area contributed by atoms with Gasteiger partial charge in [0.15, 0.2) is 0 Å². The summed E-state index contributed by atoms with van der Waals surface area (Å²) in [6.45, 7) is 7.57. The fraction of sp³-hybridized carbons (Fsp3) is 1.00. The third-order valence-electron chi connectivity index (χ3n) is 5.80. The summed E-state index contributed by atoms with van der Waals surface area (Å²) in [6, 6.07) is 0. The van der Waals surface area contributed by atoms with Crippen molar-refractivity contribution < 1.29 is 0 Å². The average Bonchev–Trinajstić information content (AvgIpc) is 1.97. The van der Waals surface area contributed by atoms with Crippen LogP contribution >= 0.6 is 0 Å². The Morgan fingerprint density at radius 1 is 1.00 bits per heavy atom. The van der Waals surface area contributed by atoms with Crippen LogP contribution in [0.5, 0.6) is 0 Å². The van der Waals surface area contributed by atoms with Gasteiger partial charge < -0.3 is 0 Å². The van der Waals surface area contributed by atoms with E-state index in [0.29, 0.717) is 5.41 Å². The molecule has 4 fully saturated rings. The normalized spacial score (nSPS) is 59.8. The molecule has 0 aromatic rings. The van der Waals surface area contributed by atoms with Gasteiger partial charge in [0.2, 0.25) is 0 Å².